The molecule has 0 aliphatic carbocycles. The third-order valence-electron chi connectivity index (χ3n) is 2.11. The summed E-state index contributed by atoms with van der Waals surface area (Å²) in [6.45, 7) is 3.75. The van der Waals surface area contributed by atoms with Crippen molar-refractivity contribution >= 4 is 11.9 Å². The fourth-order valence-corrected chi connectivity index (χ4v) is 1.21. The van der Waals surface area contributed by atoms with Crippen LogP contribution in [0.25, 0.3) is 0 Å². The molecule has 0 radical (unpaired) electrons. The molecule has 0 spiro atoms. The van der Waals surface area contributed by atoms with Gasteiger partial charge in [-0.25, -0.2) is 4.99 Å². The van der Waals surface area contributed by atoms with E-state index < -0.39 is 0 Å². The molecular formula is C12H20N3O3+. The summed E-state index contributed by atoms with van der Waals surface area (Å²) in [5.74, 6) is -0.120. The van der Waals surface area contributed by atoms with Crippen molar-refractivity contribution in [2.75, 3.05) is 33.8 Å². The average molecular weight is 254 g/mol. The van der Waals surface area contributed by atoms with E-state index in [1.165, 1.54) is 11.2 Å². The van der Waals surface area contributed by atoms with Crippen molar-refractivity contribution in [1.82, 2.24) is 5.32 Å². The lowest BCUT2D eigenvalue weighted by Crippen LogP contribution is -3.06. The Hall–Kier alpha value is -1.82. The number of likely N-dealkylation sites (N-methyl/N-ethyl adjacent to an activating group) is 1. The molecule has 1 heterocycles. The number of nitrogens with zero attached hydrogens (tertiary/aromatic N) is 1. The number of amides is 1. The zero-order valence-electron chi connectivity index (χ0n) is 11.0. The monoisotopic (exact) mass is 254 g/mol. The Morgan fingerprint density at radius 2 is 2.33 bits per heavy atom. The van der Waals surface area contributed by atoms with Gasteiger partial charge < -0.3 is 14.1 Å². The molecule has 0 atom stereocenters. The van der Waals surface area contributed by atoms with Crippen LogP contribution in [0.1, 0.15) is 17.5 Å². The lowest BCUT2D eigenvalue weighted by molar-refractivity contribution is -0.856. The first kappa shape index (κ1) is 14.2. The number of amidine groups is 1. The molecular weight excluding hydrogens is 234 g/mol. The molecule has 1 aromatic heterocycles. The Labute approximate surface area is 107 Å². The Morgan fingerprint density at radius 3 is 2.89 bits per heavy atom. The van der Waals surface area contributed by atoms with Crippen LogP contribution in [0.5, 0.6) is 0 Å². The molecule has 18 heavy (non-hydrogen) atoms. The minimum absolute atomic E-state index is 0.236. The number of ether oxygens (including phenoxy) is 1. The molecule has 2 N–H and O–H groups in total. The zero-order chi connectivity index (χ0) is 13.4. The number of furan rings is 1. The van der Waals surface area contributed by atoms with Crippen molar-refractivity contribution in [2.24, 2.45) is 4.99 Å². The van der Waals surface area contributed by atoms with Crippen LogP contribution in [0.15, 0.2) is 27.8 Å². The van der Waals surface area contributed by atoms with Crippen molar-refractivity contribution in [3.63, 3.8) is 0 Å². The van der Waals surface area contributed by atoms with Crippen LogP contribution in [0, 0.1) is 0 Å². The van der Waals surface area contributed by atoms with Gasteiger partial charge in [-0.05, 0) is 19.1 Å². The molecule has 100 valence electrons. The number of carbonyl (C=O) groups is 1. The maximum atomic E-state index is 11.7. The van der Waals surface area contributed by atoms with Gasteiger partial charge in [0.15, 0.2) is 5.76 Å². The number of carbonyl (C=O) groups excluding carboxylic acids is 1. The van der Waals surface area contributed by atoms with E-state index in [4.69, 9.17) is 9.15 Å². The van der Waals surface area contributed by atoms with E-state index in [9.17, 15) is 4.79 Å². The normalized spacial score (nSPS) is 11.7. The summed E-state index contributed by atoms with van der Waals surface area (Å²) in [4.78, 5) is 17.2. The molecule has 1 rings (SSSR count). The molecule has 1 amide bonds. The average Bonchev–Trinajstić information content (AvgIpc) is 2.82. The van der Waals surface area contributed by atoms with Gasteiger partial charge >= 0.3 is 0 Å². The summed E-state index contributed by atoms with van der Waals surface area (Å²) < 4.78 is 10.2. The lowest BCUT2D eigenvalue weighted by Gasteiger charge is -2.09. The third-order valence-corrected chi connectivity index (χ3v) is 2.11. The predicted octanol–water partition coefficient (Wildman–Crippen LogP) is -0.454. The van der Waals surface area contributed by atoms with Gasteiger partial charge in [0.05, 0.1) is 40.1 Å². The SMILES string of the molecule is CCOC(=NCC[NH+](C)C)NC(=O)c1ccco1. The van der Waals surface area contributed by atoms with Gasteiger partial charge in [-0.3, -0.25) is 10.1 Å². The highest BCUT2D eigenvalue weighted by Crippen LogP contribution is 1.99. The molecule has 0 bridgehead atoms. The van der Waals surface area contributed by atoms with Gasteiger partial charge in [-0.2, -0.15) is 0 Å². The van der Waals surface area contributed by atoms with Crippen molar-refractivity contribution < 1.29 is 18.8 Å². The second kappa shape index (κ2) is 7.50. The largest absolute Gasteiger partial charge is 0.465 e. The van der Waals surface area contributed by atoms with Gasteiger partial charge in [0.1, 0.15) is 0 Å². The van der Waals surface area contributed by atoms with Gasteiger partial charge in [-0.15, -0.1) is 0 Å². The predicted molar refractivity (Wildman–Crippen MR) is 67.8 cm³/mol. The van der Waals surface area contributed by atoms with Crippen LogP contribution in [-0.2, 0) is 4.74 Å². The molecule has 0 fully saturated rings. The number of nitrogens with one attached hydrogen (secondary N) is 2. The maximum absolute atomic E-state index is 11.7. The highest BCUT2D eigenvalue weighted by atomic mass is 16.5. The van der Waals surface area contributed by atoms with E-state index in [0.717, 1.165) is 6.54 Å². The standard InChI is InChI=1S/C12H19N3O3/c1-4-17-12(13-7-8-15(2)3)14-11(16)10-6-5-9-18-10/h5-6,9H,4,7-8H2,1-3H3,(H,13,14,16)/p+1. The van der Waals surface area contributed by atoms with Crippen molar-refractivity contribution in [3.8, 4) is 0 Å². The summed E-state index contributed by atoms with van der Waals surface area (Å²) in [5, 5.41) is 2.58. The Bertz CT molecular complexity index is 385. The van der Waals surface area contributed by atoms with Crippen molar-refractivity contribution in [3.05, 3.63) is 24.2 Å². The first-order valence-corrected chi connectivity index (χ1v) is 5.94. The second-order valence-corrected chi connectivity index (χ2v) is 4.01. The quantitative estimate of drug-likeness (QED) is 0.552. The highest BCUT2D eigenvalue weighted by molar-refractivity contribution is 6.02. The van der Waals surface area contributed by atoms with Crippen LogP contribution in [0.2, 0.25) is 0 Å². The first-order chi connectivity index (χ1) is 8.63. The Balaban J connectivity index is 2.54. The molecule has 1 aromatic rings. The number of rotatable bonds is 5. The summed E-state index contributed by atoms with van der Waals surface area (Å²) in [6.07, 6.45) is 1.45. The highest BCUT2D eigenvalue weighted by Gasteiger charge is 2.11. The number of aliphatic imine (C=N–C) groups is 1. The fourth-order valence-electron chi connectivity index (χ4n) is 1.21. The number of hydrogen-bond donors (Lipinski definition) is 2. The molecule has 0 aliphatic heterocycles. The van der Waals surface area contributed by atoms with Gasteiger partial charge in [0.25, 0.3) is 11.9 Å². The second-order valence-electron chi connectivity index (χ2n) is 4.01. The minimum Gasteiger partial charge on any atom is -0.465 e. The van der Waals surface area contributed by atoms with E-state index in [1.54, 1.807) is 12.1 Å². The lowest BCUT2D eigenvalue weighted by atomic mass is 10.4. The third kappa shape index (κ3) is 5.01. The molecule has 0 aromatic carbocycles. The van der Waals surface area contributed by atoms with E-state index in [2.05, 4.69) is 10.3 Å². The maximum Gasteiger partial charge on any atom is 0.294 e. The van der Waals surface area contributed by atoms with Crippen LogP contribution in [0.3, 0.4) is 0 Å². The minimum atomic E-state index is -0.357. The van der Waals surface area contributed by atoms with Crippen LogP contribution >= 0.6 is 0 Å². The number of hydrogen-bond acceptors (Lipinski definition) is 4. The summed E-state index contributed by atoms with van der Waals surface area (Å²) in [6, 6.07) is 3.48. The van der Waals surface area contributed by atoms with Gasteiger partial charge in [0.2, 0.25) is 0 Å². The molecule has 0 saturated heterocycles. The zero-order valence-corrected chi connectivity index (χ0v) is 11.0. The summed E-state index contributed by atoms with van der Waals surface area (Å²) >= 11 is 0. The van der Waals surface area contributed by atoms with Gasteiger partial charge in [0, 0.05) is 0 Å². The summed E-state index contributed by atoms with van der Waals surface area (Å²) in [5.41, 5.74) is 0. The topological polar surface area (TPSA) is 68.3 Å². The molecule has 6 heteroatoms. The van der Waals surface area contributed by atoms with Gasteiger partial charge in [-0.1, -0.05) is 0 Å². The molecule has 6 nitrogen and oxygen atoms in total. The smallest absolute Gasteiger partial charge is 0.294 e. The first-order valence-electron chi connectivity index (χ1n) is 5.94. The van der Waals surface area contributed by atoms with Crippen molar-refractivity contribution in [2.45, 2.75) is 6.92 Å². The molecule has 0 unspecified atom stereocenters. The van der Waals surface area contributed by atoms with E-state index in [1.807, 2.05) is 21.0 Å². The number of quaternary nitrogens is 1. The van der Waals surface area contributed by atoms with Crippen LogP contribution < -0.4 is 10.2 Å². The molecule has 0 saturated carbocycles. The Morgan fingerprint density at radius 1 is 1.56 bits per heavy atom. The van der Waals surface area contributed by atoms with E-state index in [-0.39, 0.29) is 17.7 Å². The Kier molecular flexibility index (Phi) is 5.93. The van der Waals surface area contributed by atoms with Crippen LogP contribution in [0.4, 0.5) is 0 Å². The van der Waals surface area contributed by atoms with E-state index in [0.29, 0.717) is 13.2 Å². The fraction of sp³-hybridized carbons (Fsp3) is 0.500. The molecule has 0 aliphatic rings. The van der Waals surface area contributed by atoms with Crippen LogP contribution in [-0.4, -0.2) is 45.7 Å². The summed E-state index contributed by atoms with van der Waals surface area (Å²) in [7, 11) is 4.08. The van der Waals surface area contributed by atoms with Crippen molar-refractivity contribution in [1.29, 1.82) is 0 Å². The van der Waals surface area contributed by atoms with E-state index >= 15 is 0 Å².